The number of carbonyl (C=O) groups is 3. The van der Waals surface area contributed by atoms with E-state index in [2.05, 4.69) is 20.8 Å². The molecule has 0 bridgehead atoms. The summed E-state index contributed by atoms with van der Waals surface area (Å²) in [6.07, 6.45) is -1.67. The van der Waals surface area contributed by atoms with Crippen LogP contribution in [0.2, 0.25) is 0 Å². The Morgan fingerprint density at radius 2 is 1.60 bits per heavy atom. The quantitative estimate of drug-likeness (QED) is 0.240. The van der Waals surface area contributed by atoms with Crippen LogP contribution in [0.25, 0.3) is 0 Å². The minimum absolute atomic E-state index is 0.0241. The summed E-state index contributed by atoms with van der Waals surface area (Å²) in [6.45, 7) is 6.60. The Hall–Kier alpha value is -3.85. The van der Waals surface area contributed by atoms with Crippen molar-refractivity contribution in [2.45, 2.75) is 76.4 Å². The minimum atomic E-state index is -4.59. The number of aliphatic imine (C=N–C) groups is 1. The maximum absolute atomic E-state index is 13.8. The smallest absolute Gasteiger partial charge is 0.416 e. The van der Waals surface area contributed by atoms with Crippen LogP contribution in [0.1, 0.15) is 73.5 Å². The van der Waals surface area contributed by atoms with Crippen LogP contribution in [0.3, 0.4) is 0 Å². The van der Waals surface area contributed by atoms with Crippen LogP contribution in [-0.4, -0.2) is 77.8 Å². The van der Waals surface area contributed by atoms with Crippen molar-refractivity contribution in [2.75, 3.05) is 6.54 Å². The molecular formula is C31H36F3N3O8. The summed E-state index contributed by atoms with van der Waals surface area (Å²) in [4.78, 5) is 43.5. The third-order valence-electron chi connectivity index (χ3n) is 8.66. The lowest BCUT2D eigenvalue weighted by molar-refractivity contribution is -0.351. The van der Waals surface area contributed by atoms with Crippen LogP contribution in [0.15, 0.2) is 53.5 Å². The van der Waals surface area contributed by atoms with E-state index < -0.39 is 46.9 Å². The van der Waals surface area contributed by atoms with Gasteiger partial charge >= 0.3 is 23.8 Å². The zero-order valence-electron chi connectivity index (χ0n) is 24.9. The summed E-state index contributed by atoms with van der Waals surface area (Å²) in [7, 11) is 0. The summed E-state index contributed by atoms with van der Waals surface area (Å²) >= 11 is 0. The van der Waals surface area contributed by atoms with E-state index in [4.69, 9.17) is 10.1 Å². The number of benzene rings is 2. The fourth-order valence-corrected chi connectivity index (χ4v) is 5.83. The van der Waals surface area contributed by atoms with Crippen LogP contribution in [0.4, 0.5) is 13.2 Å². The Morgan fingerprint density at radius 3 is 2.13 bits per heavy atom. The molecule has 6 N–H and O–H groups in total. The van der Waals surface area contributed by atoms with Gasteiger partial charge in [0.1, 0.15) is 11.4 Å². The van der Waals surface area contributed by atoms with E-state index in [1.165, 1.54) is 41.7 Å². The van der Waals surface area contributed by atoms with Gasteiger partial charge in [-0.3, -0.25) is 19.9 Å². The summed E-state index contributed by atoms with van der Waals surface area (Å²) in [5.41, 5.74) is -1.22. The number of hydrogen-bond donors (Lipinski definition) is 6. The monoisotopic (exact) mass is 635 g/mol. The van der Waals surface area contributed by atoms with Gasteiger partial charge in [0.15, 0.2) is 0 Å². The Morgan fingerprint density at radius 1 is 1.00 bits per heavy atom. The highest BCUT2D eigenvalue weighted by Crippen LogP contribution is 2.46. The third-order valence-corrected chi connectivity index (χ3v) is 8.66. The predicted octanol–water partition coefficient (Wildman–Crippen LogP) is 2.65. The van der Waals surface area contributed by atoms with Crippen molar-refractivity contribution in [1.82, 2.24) is 10.2 Å². The van der Waals surface area contributed by atoms with Crippen LogP contribution in [0, 0.1) is 11.3 Å². The highest BCUT2D eigenvalue weighted by molar-refractivity contribution is 6.46. The van der Waals surface area contributed by atoms with Crippen LogP contribution < -0.4 is 5.32 Å². The van der Waals surface area contributed by atoms with Crippen LogP contribution in [-0.2, 0) is 22.2 Å². The van der Waals surface area contributed by atoms with Gasteiger partial charge in [0.2, 0.25) is 0 Å². The van der Waals surface area contributed by atoms with Crippen molar-refractivity contribution in [2.24, 2.45) is 16.3 Å². The van der Waals surface area contributed by atoms with Crippen LogP contribution >= 0.6 is 0 Å². The van der Waals surface area contributed by atoms with E-state index >= 15 is 0 Å². The van der Waals surface area contributed by atoms with E-state index in [1.54, 1.807) is 4.90 Å². The highest BCUT2D eigenvalue weighted by atomic mass is 19.4. The predicted molar refractivity (Wildman–Crippen MR) is 153 cm³/mol. The highest BCUT2D eigenvalue weighted by Gasteiger charge is 2.56. The molecule has 1 heterocycles. The molecule has 1 aliphatic carbocycles. The van der Waals surface area contributed by atoms with Gasteiger partial charge in [0.25, 0.3) is 11.8 Å². The Labute approximate surface area is 257 Å². The van der Waals surface area contributed by atoms with E-state index in [9.17, 15) is 48.0 Å². The van der Waals surface area contributed by atoms with E-state index in [-0.39, 0.29) is 35.2 Å². The normalized spacial score (nSPS) is 21.2. The standard InChI is InChI=1S/C31H36F3N3O8/c1-27(2,3)21-11-14-28(15-12-21)35-23(20-5-4-6-22(17-20)30(32,33)34)25(39)37(28)16-13-18-7-9-19(10-8-18)24(38)36-31(44,45)29(42,43)26(40)41/h4-10,17,21,42-45H,11-16H2,1-3H3,(H,36,38)(H,40,41). The maximum Gasteiger partial charge on any atom is 0.416 e. The van der Waals surface area contributed by atoms with E-state index in [0.717, 1.165) is 25.0 Å². The fraction of sp³-hybridized carbons (Fsp3) is 0.484. The number of aliphatic hydroxyl groups is 4. The van der Waals surface area contributed by atoms with Gasteiger partial charge in [-0.15, -0.1) is 0 Å². The van der Waals surface area contributed by atoms with Gasteiger partial charge in [0, 0.05) is 17.7 Å². The largest absolute Gasteiger partial charge is 0.477 e. The van der Waals surface area contributed by atoms with Crippen molar-refractivity contribution in [3.8, 4) is 0 Å². The minimum Gasteiger partial charge on any atom is -0.477 e. The average molecular weight is 636 g/mol. The molecule has 45 heavy (non-hydrogen) atoms. The lowest BCUT2D eigenvalue weighted by atomic mass is 9.69. The second-order valence-corrected chi connectivity index (χ2v) is 12.7. The van der Waals surface area contributed by atoms with Gasteiger partial charge in [-0.25, -0.2) is 4.79 Å². The molecule has 2 aromatic rings. The second-order valence-electron chi connectivity index (χ2n) is 12.7. The summed E-state index contributed by atoms with van der Waals surface area (Å²) in [6, 6.07) is 10.1. The number of carbonyl (C=O) groups excluding carboxylic acids is 2. The number of aliphatic carboxylic acids is 1. The maximum atomic E-state index is 13.8. The number of carboxylic acid groups (broad SMARTS) is 1. The molecule has 0 unspecified atom stereocenters. The molecule has 0 atom stereocenters. The topological polar surface area (TPSA) is 180 Å². The number of nitrogens with one attached hydrogen (secondary N) is 1. The number of hydrogen-bond acceptors (Lipinski definition) is 8. The first-order valence-electron chi connectivity index (χ1n) is 14.3. The number of rotatable bonds is 8. The van der Waals surface area contributed by atoms with Crippen molar-refractivity contribution in [3.05, 3.63) is 70.8 Å². The molecule has 1 aliphatic heterocycles. The zero-order chi connectivity index (χ0) is 33.6. The molecule has 0 radical (unpaired) electrons. The molecule has 14 heteroatoms. The molecular weight excluding hydrogens is 599 g/mol. The van der Waals surface area contributed by atoms with Gasteiger partial charge in [-0.1, -0.05) is 45.0 Å². The second kappa shape index (κ2) is 11.8. The first-order valence-corrected chi connectivity index (χ1v) is 14.3. The molecule has 11 nitrogen and oxygen atoms in total. The molecule has 1 saturated carbocycles. The number of amides is 2. The van der Waals surface area contributed by atoms with Gasteiger partial charge < -0.3 is 30.4 Å². The first kappa shape index (κ1) is 34.0. The molecule has 1 spiro atoms. The summed E-state index contributed by atoms with van der Waals surface area (Å²) < 4.78 is 40.4. The first-order chi connectivity index (χ1) is 20.7. The van der Waals surface area contributed by atoms with Crippen LogP contribution in [0.5, 0.6) is 0 Å². The molecule has 1 fully saturated rings. The Bertz CT molecular complexity index is 1490. The third kappa shape index (κ3) is 6.88. The van der Waals surface area contributed by atoms with Crippen molar-refractivity contribution < 1.29 is 53.1 Å². The zero-order valence-corrected chi connectivity index (χ0v) is 24.9. The Balaban J connectivity index is 1.54. The fourth-order valence-electron chi connectivity index (χ4n) is 5.83. The Kier molecular flexibility index (Phi) is 8.94. The average Bonchev–Trinajstić information content (AvgIpc) is 3.21. The number of halogens is 3. The number of alkyl halides is 3. The lowest BCUT2D eigenvalue weighted by Gasteiger charge is -2.45. The molecule has 2 aromatic carbocycles. The number of carboxylic acids is 1. The molecule has 0 saturated heterocycles. The molecule has 2 aliphatic rings. The summed E-state index contributed by atoms with van der Waals surface area (Å²) in [5.74, 6) is -11.7. The van der Waals surface area contributed by atoms with E-state index in [0.29, 0.717) is 24.3 Å². The lowest BCUT2D eigenvalue weighted by Crippen LogP contribution is -2.68. The number of nitrogens with zero attached hydrogens (tertiary/aromatic N) is 2. The van der Waals surface area contributed by atoms with Gasteiger partial charge in [-0.2, -0.15) is 13.2 Å². The molecule has 0 aromatic heterocycles. The summed E-state index contributed by atoms with van der Waals surface area (Å²) in [5, 5.41) is 48.4. The SMILES string of the molecule is CC(C)(C)C1CCC2(CC1)N=C(c1cccc(C(F)(F)F)c1)C(=O)N2CCc1ccc(C(=O)NC(O)(O)C(O)(O)C(=O)O)cc1. The molecule has 244 valence electrons. The van der Waals surface area contributed by atoms with Gasteiger partial charge in [-0.05, 0) is 73.3 Å². The van der Waals surface area contributed by atoms with E-state index in [1.807, 2.05) is 0 Å². The van der Waals surface area contributed by atoms with Crippen molar-refractivity contribution in [1.29, 1.82) is 0 Å². The van der Waals surface area contributed by atoms with Crippen molar-refractivity contribution >= 4 is 23.5 Å². The van der Waals surface area contributed by atoms with Crippen molar-refractivity contribution in [3.63, 3.8) is 0 Å². The molecule has 4 rings (SSSR count). The molecule has 2 amide bonds. The van der Waals surface area contributed by atoms with Gasteiger partial charge in [0.05, 0.1) is 5.56 Å².